The molecule has 3 heterocycles. The summed E-state index contributed by atoms with van der Waals surface area (Å²) in [6.45, 7) is 4.28. The molecule has 9 heteroatoms. The highest BCUT2D eigenvalue weighted by Gasteiger charge is 2.37. The van der Waals surface area contributed by atoms with Crippen LogP contribution in [0.15, 0.2) is 36.5 Å². The van der Waals surface area contributed by atoms with Gasteiger partial charge in [0.15, 0.2) is 17.7 Å². The minimum Gasteiger partial charge on any atom is -0.494 e. The zero-order valence-electron chi connectivity index (χ0n) is 20.3. The number of carbonyl (C=O) groups is 1. The van der Waals surface area contributed by atoms with E-state index in [4.69, 9.17) is 9.47 Å². The molecule has 36 heavy (non-hydrogen) atoms. The molecule has 8 nitrogen and oxygen atoms in total. The quantitative estimate of drug-likeness (QED) is 0.384. The van der Waals surface area contributed by atoms with Crippen LogP contribution < -0.4 is 4.74 Å². The fourth-order valence-electron chi connectivity index (χ4n) is 5.34. The summed E-state index contributed by atoms with van der Waals surface area (Å²) in [5, 5.41) is 28.2. The lowest BCUT2D eigenvalue weighted by Gasteiger charge is -2.32. The van der Waals surface area contributed by atoms with Crippen LogP contribution in [-0.2, 0) is 14.9 Å². The number of hydrogen-bond donors (Lipinski definition) is 2. The lowest BCUT2D eigenvalue weighted by molar-refractivity contribution is -0.153. The van der Waals surface area contributed by atoms with E-state index in [2.05, 4.69) is 20.8 Å². The van der Waals surface area contributed by atoms with E-state index >= 15 is 0 Å². The zero-order chi connectivity index (χ0) is 25.6. The van der Waals surface area contributed by atoms with Crippen LogP contribution >= 0.6 is 0 Å². The molecule has 2 aromatic carbocycles. The van der Waals surface area contributed by atoms with Gasteiger partial charge in [0, 0.05) is 46.0 Å². The van der Waals surface area contributed by atoms with Gasteiger partial charge in [-0.15, -0.1) is 0 Å². The van der Waals surface area contributed by atoms with Gasteiger partial charge in [0.05, 0.1) is 37.0 Å². The van der Waals surface area contributed by atoms with Crippen molar-refractivity contribution in [2.24, 2.45) is 0 Å². The summed E-state index contributed by atoms with van der Waals surface area (Å²) in [7, 11) is 1.43. The number of H-pyrrole nitrogens is 1. The summed E-state index contributed by atoms with van der Waals surface area (Å²) < 4.78 is 27.5. The predicted molar refractivity (Wildman–Crippen MR) is 132 cm³/mol. The number of nitrogens with one attached hydrogen (secondary N) is 1. The van der Waals surface area contributed by atoms with Crippen LogP contribution in [0.4, 0.5) is 4.39 Å². The van der Waals surface area contributed by atoms with Gasteiger partial charge >= 0.3 is 5.97 Å². The second kappa shape index (κ2) is 8.95. The number of rotatable bonds is 6. The van der Waals surface area contributed by atoms with Gasteiger partial charge in [0.1, 0.15) is 0 Å². The number of aromatic amines is 1. The molecule has 1 aliphatic heterocycles. The molecule has 0 amide bonds. The lowest BCUT2D eigenvalue weighted by Crippen LogP contribution is -2.32. The van der Waals surface area contributed by atoms with Gasteiger partial charge in [-0.3, -0.25) is 5.10 Å². The van der Waals surface area contributed by atoms with E-state index in [1.54, 1.807) is 18.3 Å². The van der Waals surface area contributed by atoms with Crippen molar-refractivity contribution in [1.29, 1.82) is 5.26 Å². The van der Waals surface area contributed by atoms with Crippen molar-refractivity contribution in [1.82, 2.24) is 14.8 Å². The average molecular weight is 491 g/mol. The van der Waals surface area contributed by atoms with E-state index in [0.29, 0.717) is 18.5 Å². The Hall–Kier alpha value is -3.90. The molecule has 0 bridgehead atoms. The largest absolute Gasteiger partial charge is 0.494 e. The van der Waals surface area contributed by atoms with Crippen molar-refractivity contribution in [3.05, 3.63) is 53.6 Å². The number of halogens is 1. The van der Waals surface area contributed by atoms with Crippen molar-refractivity contribution >= 4 is 27.8 Å². The highest BCUT2D eigenvalue weighted by molar-refractivity contribution is 5.99. The van der Waals surface area contributed by atoms with Crippen LogP contribution in [-0.4, -0.2) is 45.7 Å². The Morgan fingerprint density at radius 1 is 1.36 bits per heavy atom. The number of carboxylic acids is 1. The zero-order valence-corrected chi connectivity index (χ0v) is 20.3. The average Bonchev–Trinajstić information content (AvgIpc) is 3.45. The highest BCUT2D eigenvalue weighted by Crippen LogP contribution is 2.45. The smallest absolute Gasteiger partial charge is 0.332 e. The molecule has 1 fully saturated rings. The van der Waals surface area contributed by atoms with Gasteiger partial charge in [0.2, 0.25) is 0 Å². The number of nitriles is 1. The van der Waals surface area contributed by atoms with Gasteiger partial charge < -0.3 is 19.1 Å². The maximum atomic E-state index is 14.4. The summed E-state index contributed by atoms with van der Waals surface area (Å²) in [5.74, 6) is -1.39. The summed E-state index contributed by atoms with van der Waals surface area (Å²) in [5.41, 5.74) is 3.79. The first kappa shape index (κ1) is 23.8. The molecule has 2 atom stereocenters. The Bertz CT molecular complexity index is 1510. The normalized spacial score (nSPS) is 18.4. The van der Waals surface area contributed by atoms with Crippen LogP contribution in [0, 0.1) is 17.1 Å². The van der Waals surface area contributed by atoms with Crippen LogP contribution in [0.3, 0.4) is 0 Å². The monoisotopic (exact) mass is 490 g/mol. The molecular formula is C27H27FN4O4. The van der Waals surface area contributed by atoms with Crippen LogP contribution in [0.2, 0.25) is 0 Å². The predicted octanol–water partition coefficient (Wildman–Crippen LogP) is 5.19. The molecule has 1 saturated heterocycles. The van der Waals surface area contributed by atoms with Crippen molar-refractivity contribution in [2.45, 2.75) is 50.5 Å². The van der Waals surface area contributed by atoms with Crippen LogP contribution in [0.1, 0.15) is 50.3 Å². The molecule has 2 aromatic heterocycles. The van der Waals surface area contributed by atoms with Gasteiger partial charge in [-0.1, -0.05) is 13.8 Å². The van der Waals surface area contributed by atoms with Crippen molar-refractivity contribution in [3.8, 4) is 17.5 Å². The van der Waals surface area contributed by atoms with Gasteiger partial charge in [-0.2, -0.15) is 10.4 Å². The van der Waals surface area contributed by atoms with E-state index in [1.165, 1.54) is 13.2 Å². The molecule has 0 saturated carbocycles. The van der Waals surface area contributed by atoms with Crippen molar-refractivity contribution < 1.29 is 23.8 Å². The Kier molecular flexibility index (Phi) is 5.92. The molecule has 0 radical (unpaired) electrons. The van der Waals surface area contributed by atoms with E-state index in [9.17, 15) is 19.6 Å². The number of hydrogen-bond acceptors (Lipinski definition) is 5. The van der Waals surface area contributed by atoms with E-state index in [-0.39, 0.29) is 24.7 Å². The number of carboxylic acid groups (broad SMARTS) is 1. The second-order valence-corrected chi connectivity index (χ2v) is 9.90. The Morgan fingerprint density at radius 2 is 2.17 bits per heavy atom. The Morgan fingerprint density at radius 3 is 2.83 bits per heavy atom. The molecule has 0 aliphatic carbocycles. The fourth-order valence-corrected chi connectivity index (χ4v) is 5.34. The summed E-state index contributed by atoms with van der Waals surface area (Å²) in [6.07, 6.45) is 2.18. The van der Waals surface area contributed by atoms with Crippen LogP contribution in [0.5, 0.6) is 5.75 Å². The third-order valence-corrected chi connectivity index (χ3v) is 7.08. The van der Waals surface area contributed by atoms with Gasteiger partial charge in [0.25, 0.3) is 0 Å². The van der Waals surface area contributed by atoms with Gasteiger partial charge in [-0.25, -0.2) is 9.18 Å². The van der Waals surface area contributed by atoms with E-state index < -0.39 is 23.3 Å². The number of fused-ring (bicyclic) bond motifs is 2. The first-order valence-electron chi connectivity index (χ1n) is 11.8. The van der Waals surface area contributed by atoms with Gasteiger partial charge in [-0.05, 0) is 42.7 Å². The summed E-state index contributed by atoms with van der Waals surface area (Å²) in [6, 6.07) is 11.1. The Labute approximate surface area is 207 Å². The number of aliphatic carboxylic acids is 1. The fraction of sp³-hybridized carbons (Fsp3) is 0.370. The topological polar surface area (TPSA) is 113 Å². The van der Waals surface area contributed by atoms with Crippen molar-refractivity contribution in [2.75, 3.05) is 13.7 Å². The molecule has 2 unspecified atom stereocenters. The minimum absolute atomic E-state index is 0.0833. The molecule has 2 N–H and O–H groups in total. The number of ether oxygens (including phenoxy) is 2. The van der Waals surface area contributed by atoms with E-state index in [1.807, 2.05) is 26.0 Å². The standard InChI is InChI=1S/C27H27FN4O4/c1-27(2,8-9-29)25-24(15-4-7-22(26(33)34)36-14-15)18-12-20-16(13-30-31-20)10-21(18)32(25)17-5-6-19(28)23(11-17)35-3/h5-6,10-13,15,22H,4,7-8,14H2,1-3H3,(H,30,31)(H,33,34). The maximum Gasteiger partial charge on any atom is 0.332 e. The minimum atomic E-state index is -0.960. The highest BCUT2D eigenvalue weighted by atomic mass is 19.1. The molecule has 186 valence electrons. The summed E-state index contributed by atoms with van der Waals surface area (Å²) >= 11 is 0. The number of benzene rings is 2. The second-order valence-electron chi connectivity index (χ2n) is 9.90. The molecule has 0 spiro atoms. The number of aromatic nitrogens is 3. The molecular weight excluding hydrogens is 463 g/mol. The third kappa shape index (κ3) is 3.88. The molecule has 5 rings (SSSR count). The number of methoxy groups -OCH3 is 1. The third-order valence-electron chi connectivity index (χ3n) is 7.08. The summed E-state index contributed by atoms with van der Waals surface area (Å²) in [4.78, 5) is 11.5. The number of nitrogens with zero attached hydrogens (tertiary/aromatic N) is 3. The van der Waals surface area contributed by atoms with Crippen molar-refractivity contribution in [3.63, 3.8) is 0 Å². The maximum absolute atomic E-state index is 14.4. The Balaban J connectivity index is 1.84. The first-order valence-corrected chi connectivity index (χ1v) is 11.8. The van der Waals surface area contributed by atoms with Crippen LogP contribution in [0.25, 0.3) is 27.5 Å². The molecule has 4 aromatic rings. The first-order chi connectivity index (χ1) is 17.2. The SMILES string of the molecule is COc1cc(-n2c(C(C)(C)CC#N)c(C3CCC(C(=O)O)OC3)c3cc4[nH]ncc4cc32)ccc1F. The van der Waals surface area contributed by atoms with E-state index in [0.717, 1.165) is 33.1 Å². The molecule has 1 aliphatic rings. The lowest BCUT2D eigenvalue weighted by atomic mass is 9.78.